The van der Waals surface area contributed by atoms with E-state index in [1.807, 2.05) is 24.4 Å². The summed E-state index contributed by atoms with van der Waals surface area (Å²) in [4.78, 5) is 27.9. The van der Waals surface area contributed by atoms with Crippen LogP contribution in [0.5, 0.6) is 0 Å². The number of aromatic nitrogens is 1. The molecule has 2 amide bonds. The molecule has 0 saturated heterocycles. The number of nitrogens with one attached hydrogen (secondary N) is 2. The summed E-state index contributed by atoms with van der Waals surface area (Å²) >= 11 is 3.63. The number of nitrogens with zero attached hydrogens (tertiary/aromatic N) is 1. The Bertz CT molecular complexity index is 657. The van der Waals surface area contributed by atoms with Gasteiger partial charge in [0.25, 0.3) is 5.91 Å². The van der Waals surface area contributed by atoms with Crippen molar-refractivity contribution < 1.29 is 9.59 Å². The molecule has 0 fully saturated rings. The van der Waals surface area contributed by atoms with Crippen LogP contribution in [-0.4, -0.2) is 23.3 Å². The minimum Gasteiger partial charge on any atom is -0.349 e. The molecule has 2 rings (SSSR count). The number of benzene rings is 1. The molecular weight excluding hydrogens is 401 g/mol. The lowest BCUT2D eigenvalue weighted by molar-refractivity contribution is -0.120. The molecule has 0 radical (unpaired) electrons. The van der Waals surface area contributed by atoms with Crippen LogP contribution in [0.1, 0.15) is 21.1 Å². The molecule has 0 aliphatic heterocycles. The van der Waals surface area contributed by atoms with E-state index in [1.54, 1.807) is 23.5 Å². The molecule has 1 aromatic carbocycles. The van der Waals surface area contributed by atoms with E-state index >= 15 is 0 Å². The molecule has 110 valence electrons. The van der Waals surface area contributed by atoms with Crippen LogP contribution in [0.25, 0.3) is 0 Å². The van der Waals surface area contributed by atoms with E-state index in [4.69, 9.17) is 0 Å². The molecule has 7 heteroatoms. The second-order valence-electron chi connectivity index (χ2n) is 4.30. The van der Waals surface area contributed by atoms with Crippen molar-refractivity contribution in [2.75, 3.05) is 6.54 Å². The highest BCUT2D eigenvalue weighted by molar-refractivity contribution is 14.1. The Balaban J connectivity index is 1.79. The van der Waals surface area contributed by atoms with Gasteiger partial charge in [0.2, 0.25) is 5.91 Å². The van der Waals surface area contributed by atoms with Crippen molar-refractivity contribution in [1.29, 1.82) is 0 Å². The first-order valence-electron chi connectivity index (χ1n) is 6.26. The molecule has 0 bridgehead atoms. The maximum absolute atomic E-state index is 11.9. The van der Waals surface area contributed by atoms with Crippen LogP contribution in [0.2, 0.25) is 0 Å². The summed E-state index contributed by atoms with van der Waals surface area (Å²) in [7, 11) is 0. The van der Waals surface area contributed by atoms with Gasteiger partial charge in [0.15, 0.2) is 0 Å². The van der Waals surface area contributed by atoms with Crippen LogP contribution in [0.4, 0.5) is 0 Å². The number of hydrogen-bond donors (Lipinski definition) is 2. The van der Waals surface area contributed by atoms with Crippen LogP contribution in [0.3, 0.4) is 0 Å². The zero-order valence-electron chi connectivity index (χ0n) is 11.4. The largest absolute Gasteiger partial charge is 0.349 e. The zero-order chi connectivity index (χ0) is 15.2. The van der Waals surface area contributed by atoms with Crippen LogP contribution in [0, 0.1) is 10.5 Å². The van der Waals surface area contributed by atoms with Crippen molar-refractivity contribution in [2.45, 2.75) is 13.5 Å². The molecule has 0 saturated carbocycles. The molecule has 21 heavy (non-hydrogen) atoms. The average Bonchev–Trinajstić information content (AvgIpc) is 2.89. The number of halogens is 1. The number of thiazole rings is 1. The van der Waals surface area contributed by atoms with Crippen molar-refractivity contribution in [2.24, 2.45) is 0 Å². The lowest BCUT2D eigenvalue weighted by atomic mass is 10.2. The second kappa shape index (κ2) is 7.51. The smallest absolute Gasteiger partial charge is 0.252 e. The first kappa shape index (κ1) is 15.9. The third-order valence-electron chi connectivity index (χ3n) is 2.66. The van der Waals surface area contributed by atoms with Crippen molar-refractivity contribution in [1.82, 2.24) is 15.6 Å². The quantitative estimate of drug-likeness (QED) is 0.735. The summed E-state index contributed by atoms with van der Waals surface area (Å²) in [6.45, 7) is 2.24. The molecule has 2 aromatic rings. The Morgan fingerprint density at radius 3 is 2.71 bits per heavy atom. The number of rotatable bonds is 5. The maximum atomic E-state index is 11.9. The lowest BCUT2D eigenvalue weighted by Gasteiger charge is -2.07. The first-order valence-corrected chi connectivity index (χ1v) is 8.22. The molecule has 5 nitrogen and oxygen atoms in total. The van der Waals surface area contributed by atoms with Gasteiger partial charge in [0, 0.05) is 8.95 Å². The number of hydrogen-bond acceptors (Lipinski definition) is 4. The van der Waals surface area contributed by atoms with Crippen molar-refractivity contribution >= 4 is 45.7 Å². The SMILES string of the molecule is Cc1nc(CNC(=O)CNC(=O)c2ccccc2I)cs1. The third-order valence-corrected chi connectivity index (χ3v) is 4.42. The van der Waals surface area contributed by atoms with Gasteiger partial charge in [0.1, 0.15) is 0 Å². The van der Waals surface area contributed by atoms with E-state index in [0.29, 0.717) is 12.1 Å². The van der Waals surface area contributed by atoms with Crippen LogP contribution >= 0.6 is 33.9 Å². The van der Waals surface area contributed by atoms with Crippen molar-refractivity contribution in [3.8, 4) is 0 Å². The predicted octanol–water partition coefficient (Wildman–Crippen LogP) is 2.10. The first-order chi connectivity index (χ1) is 10.1. The summed E-state index contributed by atoms with van der Waals surface area (Å²) in [5.41, 5.74) is 1.40. The van der Waals surface area contributed by atoms with E-state index in [9.17, 15) is 9.59 Å². The Hall–Kier alpha value is -1.48. The maximum Gasteiger partial charge on any atom is 0.252 e. The number of amides is 2. The fraction of sp³-hybridized carbons (Fsp3) is 0.214. The molecular formula is C14H14IN3O2S. The van der Waals surface area contributed by atoms with E-state index in [1.165, 1.54) is 0 Å². The van der Waals surface area contributed by atoms with Gasteiger partial charge in [-0.1, -0.05) is 12.1 Å². The summed E-state index contributed by atoms with van der Waals surface area (Å²) in [6.07, 6.45) is 0. The Kier molecular flexibility index (Phi) is 5.68. The molecule has 0 spiro atoms. The fourth-order valence-electron chi connectivity index (χ4n) is 1.64. The summed E-state index contributed by atoms with van der Waals surface area (Å²) in [5, 5.41) is 8.20. The van der Waals surface area contributed by atoms with Gasteiger partial charge in [-0.2, -0.15) is 0 Å². The van der Waals surface area contributed by atoms with Gasteiger partial charge in [-0.25, -0.2) is 4.98 Å². The molecule has 1 aromatic heterocycles. The Labute approximate surface area is 140 Å². The fourth-order valence-corrected chi connectivity index (χ4v) is 2.89. The molecule has 0 aliphatic rings. The van der Waals surface area contributed by atoms with E-state index in [0.717, 1.165) is 14.3 Å². The molecule has 0 aliphatic carbocycles. The van der Waals surface area contributed by atoms with E-state index in [-0.39, 0.29) is 18.4 Å². The summed E-state index contributed by atoms with van der Waals surface area (Å²) in [6, 6.07) is 7.23. The summed E-state index contributed by atoms with van der Waals surface area (Å²) < 4.78 is 0.853. The van der Waals surface area contributed by atoms with Gasteiger partial charge in [0.05, 0.1) is 29.4 Å². The monoisotopic (exact) mass is 415 g/mol. The topological polar surface area (TPSA) is 71.1 Å². The van der Waals surface area contributed by atoms with Gasteiger partial charge in [-0.15, -0.1) is 11.3 Å². The molecule has 0 atom stereocenters. The van der Waals surface area contributed by atoms with Gasteiger partial charge in [-0.05, 0) is 41.6 Å². The van der Waals surface area contributed by atoms with Crippen LogP contribution in [-0.2, 0) is 11.3 Å². The Morgan fingerprint density at radius 1 is 1.29 bits per heavy atom. The number of carbonyl (C=O) groups is 2. The van der Waals surface area contributed by atoms with Crippen LogP contribution < -0.4 is 10.6 Å². The van der Waals surface area contributed by atoms with E-state index in [2.05, 4.69) is 38.2 Å². The standard InChI is InChI=1S/C14H14IN3O2S/c1-9-18-10(8-21-9)6-16-13(19)7-17-14(20)11-4-2-3-5-12(11)15/h2-5,8H,6-7H2,1H3,(H,16,19)(H,17,20). The van der Waals surface area contributed by atoms with Gasteiger partial charge in [-0.3, -0.25) is 9.59 Å². The second-order valence-corrected chi connectivity index (χ2v) is 6.52. The highest BCUT2D eigenvalue weighted by Gasteiger charge is 2.10. The van der Waals surface area contributed by atoms with Crippen molar-refractivity contribution in [3.05, 3.63) is 49.5 Å². The number of aryl methyl sites for hydroxylation is 1. The Morgan fingerprint density at radius 2 is 2.05 bits per heavy atom. The van der Waals surface area contributed by atoms with Gasteiger partial charge < -0.3 is 10.6 Å². The molecule has 0 unspecified atom stereocenters. The highest BCUT2D eigenvalue weighted by Crippen LogP contribution is 2.10. The average molecular weight is 415 g/mol. The van der Waals surface area contributed by atoms with E-state index < -0.39 is 0 Å². The molecule has 2 N–H and O–H groups in total. The highest BCUT2D eigenvalue weighted by atomic mass is 127. The number of carbonyl (C=O) groups excluding carboxylic acids is 2. The predicted molar refractivity (Wildman–Crippen MR) is 90.2 cm³/mol. The normalized spacial score (nSPS) is 10.2. The van der Waals surface area contributed by atoms with Gasteiger partial charge >= 0.3 is 0 Å². The third kappa shape index (κ3) is 4.78. The minimum atomic E-state index is -0.250. The minimum absolute atomic E-state index is 0.0487. The lowest BCUT2D eigenvalue weighted by Crippen LogP contribution is -2.36. The summed E-state index contributed by atoms with van der Waals surface area (Å²) in [5.74, 6) is -0.486. The van der Waals surface area contributed by atoms with Crippen LogP contribution in [0.15, 0.2) is 29.6 Å². The molecule has 1 heterocycles. The van der Waals surface area contributed by atoms with Crippen molar-refractivity contribution in [3.63, 3.8) is 0 Å². The zero-order valence-corrected chi connectivity index (χ0v) is 14.3.